The Morgan fingerprint density at radius 1 is 0.898 bits per heavy atom. The Bertz CT molecular complexity index is 1790. The van der Waals surface area contributed by atoms with E-state index in [0.717, 1.165) is 51.6 Å². The fraction of sp³-hybridized carbons (Fsp3) is 0.333. The topological polar surface area (TPSA) is 96.0 Å². The number of nitrogens with one attached hydrogen (secondary N) is 1. The number of benzene rings is 4. The third kappa shape index (κ3) is 9.45. The van der Waals surface area contributed by atoms with Crippen LogP contribution in [0.15, 0.2) is 113 Å². The average Bonchev–Trinajstić information content (AvgIpc) is 3.62. The Hall–Kier alpha value is -4.28. The molecular weight excluding hydrogens is 655 g/mol. The summed E-state index contributed by atoms with van der Waals surface area (Å²) in [4.78, 5) is 31.5. The first-order valence-corrected chi connectivity index (χ1v) is 19.4. The standard InChI is InChI=1S/C39H45N3O5S2/c1-4-47-34-19-17-33(18-20-34)42(49(45,46)36-23-21-35(48-3)22-24-36)28-38(43)41(27-31-14-10-11-29(2)25-31)37(26-30-12-6-5-7-13-30)39(44)40-32-15-8-9-16-32/h5-7,10-14,17-25,32,37H,4,8-9,15-16,26-28H2,1-3H3,(H,40,44). The molecule has 2 amide bonds. The van der Waals surface area contributed by atoms with Gasteiger partial charge in [0.05, 0.1) is 17.2 Å². The Morgan fingerprint density at radius 2 is 1.57 bits per heavy atom. The van der Waals surface area contributed by atoms with Crippen LogP contribution in [0, 0.1) is 6.92 Å². The third-order valence-corrected chi connectivity index (χ3v) is 11.3. The van der Waals surface area contributed by atoms with E-state index in [0.29, 0.717) is 18.0 Å². The Balaban J connectivity index is 1.56. The number of anilines is 1. The van der Waals surface area contributed by atoms with E-state index >= 15 is 0 Å². The smallest absolute Gasteiger partial charge is 0.264 e. The molecule has 1 N–H and O–H groups in total. The zero-order valence-electron chi connectivity index (χ0n) is 28.4. The summed E-state index contributed by atoms with van der Waals surface area (Å²) in [5.74, 6) is -0.131. The van der Waals surface area contributed by atoms with Crippen LogP contribution in [-0.4, -0.2) is 56.6 Å². The summed E-state index contributed by atoms with van der Waals surface area (Å²) in [5.41, 5.74) is 3.09. The van der Waals surface area contributed by atoms with Gasteiger partial charge in [-0.2, -0.15) is 0 Å². The lowest BCUT2D eigenvalue weighted by atomic mass is 10.0. The van der Waals surface area contributed by atoms with Crippen molar-refractivity contribution in [2.24, 2.45) is 0 Å². The predicted molar refractivity (Wildman–Crippen MR) is 196 cm³/mol. The molecule has 1 atom stereocenters. The number of carbonyl (C=O) groups is 2. The highest BCUT2D eigenvalue weighted by atomic mass is 32.2. The molecule has 8 nitrogen and oxygen atoms in total. The van der Waals surface area contributed by atoms with Crippen LogP contribution in [0.1, 0.15) is 49.3 Å². The van der Waals surface area contributed by atoms with Crippen LogP contribution in [0.3, 0.4) is 0 Å². The second kappa shape index (κ2) is 16.9. The number of aryl methyl sites for hydroxylation is 1. The first-order chi connectivity index (χ1) is 23.7. The van der Waals surface area contributed by atoms with Gasteiger partial charge in [0.2, 0.25) is 11.8 Å². The zero-order valence-corrected chi connectivity index (χ0v) is 30.0. The van der Waals surface area contributed by atoms with Gasteiger partial charge in [0.1, 0.15) is 18.3 Å². The summed E-state index contributed by atoms with van der Waals surface area (Å²) in [5, 5.41) is 3.22. The van der Waals surface area contributed by atoms with Gasteiger partial charge >= 0.3 is 0 Å². The summed E-state index contributed by atoms with van der Waals surface area (Å²) in [6.07, 6.45) is 6.10. The average molecular weight is 700 g/mol. The van der Waals surface area contributed by atoms with E-state index in [-0.39, 0.29) is 29.8 Å². The van der Waals surface area contributed by atoms with Gasteiger partial charge in [-0.15, -0.1) is 11.8 Å². The number of amides is 2. The molecule has 0 bridgehead atoms. The number of carbonyl (C=O) groups excluding carboxylic acids is 2. The second-order valence-corrected chi connectivity index (χ2v) is 15.1. The molecule has 0 spiro atoms. The van der Waals surface area contributed by atoms with Crippen molar-refractivity contribution in [3.05, 3.63) is 120 Å². The van der Waals surface area contributed by atoms with Crippen LogP contribution in [0.4, 0.5) is 5.69 Å². The Morgan fingerprint density at radius 3 is 2.20 bits per heavy atom. The van der Waals surface area contributed by atoms with Gasteiger partial charge < -0.3 is 15.0 Å². The molecule has 1 aliphatic rings. The second-order valence-electron chi connectivity index (χ2n) is 12.3. The van der Waals surface area contributed by atoms with Crippen molar-refractivity contribution >= 4 is 39.3 Å². The van der Waals surface area contributed by atoms with Crippen LogP contribution in [0.25, 0.3) is 0 Å². The van der Waals surface area contributed by atoms with Gasteiger partial charge in [-0.1, -0.05) is 73.0 Å². The molecule has 0 heterocycles. The number of hydrogen-bond donors (Lipinski definition) is 1. The Kier molecular flexibility index (Phi) is 12.4. The summed E-state index contributed by atoms with van der Waals surface area (Å²) in [6, 6.07) is 29.9. The number of ether oxygens (including phenoxy) is 1. The predicted octanol–water partition coefficient (Wildman–Crippen LogP) is 7.01. The molecule has 5 rings (SSSR count). The lowest BCUT2D eigenvalue weighted by molar-refractivity contribution is -0.140. The molecule has 0 radical (unpaired) electrons. The van der Waals surface area contributed by atoms with Gasteiger partial charge in [-0.05, 0) is 92.6 Å². The van der Waals surface area contributed by atoms with Crippen LogP contribution < -0.4 is 14.4 Å². The lowest BCUT2D eigenvalue weighted by Crippen LogP contribution is -2.54. The van der Waals surface area contributed by atoms with Crippen molar-refractivity contribution in [1.82, 2.24) is 10.2 Å². The summed E-state index contributed by atoms with van der Waals surface area (Å²) >= 11 is 1.51. The zero-order chi connectivity index (χ0) is 34.8. The normalized spacial score (nSPS) is 13.9. The minimum atomic E-state index is -4.20. The number of sulfonamides is 1. The van der Waals surface area contributed by atoms with E-state index in [2.05, 4.69) is 5.32 Å². The summed E-state index contributed by atoms with van der Waals surface area (Å²) < 4.78 is 35.5. The maximum Gasteiger partial charge on any atom is 0.264 e. The molecule has 0 saturated heterocycles. The van der Waals surface area contributed by atoms with Crippen molar-refractivity contribution in [3.63, 3.8) is 0 Å². The maximum absolute atomic E-state index is 14.7. The van der Waals surface area contributed by atoms with E-state index in [4.69, 9.17) is 4.74 Å². The molecule has 49 heavy (non-hydrogen) atoms. The van der Waals surface area contributed by atoms with Crippen molar-refractivity contribution in [2.75, 3.05) is 23.7 Å². The minimum Gasteiger partial charge on any atom is -0.494 e. The summed E-state index contributed by atoms with van der Waals surface area (Å²) in [6.45, 7) is 3.94. The highest BCUT2D eigenvalue weighted by Gasteiger charge is 2.35. The fourth-order valence-corrected chi connectivity index (χ4v) is 8.03. The third-order valence-electron chi connectivity index (χ3n) is 8.77. The summed E-state index contributed by atoms with van der Waals surface area (Å²) in [7, 11) is -4.20. The van der Waals surface area contributed by atoms with E-state index in [1.165, 1.54) is 11.8 Å². The van der Waals surface area contributed by atoms with Crippen LogP contribution >= 0.6 is 11.8 Å². The first kappa shape index (κ1) is 36.0. The molecular formula is C39H45N3O5S2. The van der Waals surface area contributed by atoms with Crippen LogP contribution in [-0.2, 0) is 32.6 Å². The molecule has 1 fully saturated rings. The van der Waals surface area contributed by atoms with Gasteiger partial charge in [0.25, 0.3) is 10.0 Å². The van der Waals surface area contributed by atoms with Gasteiger partial charge in [0.15, 0.2) is 0 Å². The molecule has 4 aromatic carbocycles. The van der Waals surface area contributed by atoms with Crippen molar-refractivity contribution in [1.29, 1.82) is 0 Å². The van der Waals surface area contributed by atoms with Gasteiger partial charge in [0, 0.05) is 23.9 Å². The number of rotatable bonds is 15. The fourth-order valence-electron chi connectivity index (χ4n) is 6.21. The van der Waals surface area contributed by atoms with Gasteiger partial charge in [-0.3, -0.25) is 13.9 Å². The van der Waals surface area contributed by atoms with Crippen molar-refractivity contribution in [2.45, 2.75) is 74.4 Å². The number of hydrogen-bond acceptors (Lipinski definition) is 6. The molecule has 1 saturated carbocycles. The Labute approximate surface area is 294 Å². The van der Waals surface area contributed by atoms with Crippen LogP contribution in [0.5, 0.6) is 5.75 Å². The molecule has 10 heteroatoms. The lowest BCUT2D eigenvalue weighted by Gasteiger charge is -2.34. The van der Waals surface area contributed by atoms with E-state index < -0.39 is 28.5 Å². The van der Waals surface area contributed by atoms with Crippen LogP contribution in [0.2, 0.25) is 0 Å². The highest BCUT2D eigenvalue weighted by molar-refractivity contribution is 7.98. The van der Waals surface area contributed by atoms with E-state index in [1.54, 1.807) is 53.4 Å². The van der Waals surface area contributed by atoms with E-state index in [1.807, 2.05) is 74.7 Å². The SMILES string of the molecule is CCOc1ccc(N(CC(=O)N(Cc2cccc(C)c2)C(Cc2ccccc2)C(=O)NC2CCCC2)S(=O)(=O)c2ccc(SC)cc2)cc1. The molecule has 0 aromatic heterocycles. The maximum atomic E-state index is 14.7. The minimum absolute atomic E-state index is 0.0479. The molecule has 258 valence electrons. The van der Waals surface area contributed by atoms with Crippen molar-refractivity contribution < 1.29 is 22.7 Å². The van der Waals surface area contributed by atoms with Crippen molar-refractivity contribution in [3.8, 4) is 5.75 Å². The van der Waals surface area contributed by atoms with Gasteiger partial charge in [-0.25, -0.2) is 8.42 Å². The molecule has 4 aromatic rings. The largest absolute Gasteiger partial charge is 0.494 e. The molecule has 1 aliphatic carbocycles. The quantitative estimate of drug-likeness (QED) is 0.134. The number of thioether (sulfide) groups is 1. The highest BCUT2D eigenvalue weighted by Crippen LogP contribution is 2.28. The number of nitrogens with zero attached hydrogens (tertiary/aromatic N) is 2. The monoisotopic (exact) mass is 699 g/mol. The van der Waals surface area contributed by atoms with E-state index in [9.17, 15) is 18.0 Å². The molecule has 1 unspecified atom stereocenters. The first-order valence-electron chi connectivity index (χ1n) is 16.8. The molecule has 0 aliphatic heterocycles.